The summed E-state index contributed by atoms with van der Waals surface area (Å²) >= 11 is 0. The maximum Gasteiger partial charge on any atom is 0.257 e. The van der Waals surface area contributed by atoms with Crippen LogP contribution in [0.2, 0.25) is 0 Å². The second-order valence-electron chi connectivity index (χ2n) is 8.82. The van der Waals surface area contributed by atoms with Gasteiger partial charge in [0.2, 0.25) is 11.8 Å². The number of carbonyl (C=O) groups is 1. The van der Waals surface area contributed by atoms with E-state index in [1.807, 2.05) is 31.2 Å². The van der Waals surface area contributed by atoms with Crippen molar-refractivity contribution in [3.63, 3.8) is 0 Å². The number of benzene rings is 2. The number of hydrogen-bond donors (Lipinski definition) is 0. The van der Waals surface area contributed by atoms with Crippen molar-refractivity contribution in [2.75, 3.05) is 24.5 Å². The number of rotatable bonds is 4. The normalized spacial score (nSPS) is 15.7. The second kappa shape index (κ2) is 9.37. The number of fused-ring (bicyclic) bond motifs is 1. The topological polar surface area (TPSA) is 58.6 Å². The van der Waals surface area contributed by atoms with E-state index in [4.69, 9.17) is 14.7 Å². The fourth-order valence-corrected chi connectivity index (χ4v) is 4.42. The van der Waals surface area contributed by atoms with Crippen molar-refractivity contribution in [1.82, 2.24) is 14.9 Å². The number of hydrogen-bond acceptors (Lipinski definition) is 5. The Morgan fingerprint density at radius 2 is 1.74 bits per heavy atom. The summed E-state index contributed by atoms with van der Waals surface area (Å²) in [7, 11) is 0. The highest BCUT2D eigenvalue weighted by Gasteiger charge is 2.29. The molecule has 1 amide bonds. The molecule has 0 N–H and O–H groups in total. The molecule has 3 aromatic rings. The molecule has 3 heterocycles. The molecule has 0 aliphatic carbocycles. The van der Waals surface area contributed by atoms with Gasteiger partial charge in [-0.2, -0.15) is 4.98 Å². The molecule has 0 bridgehead atoms. The lowest BCUT2D eigenvalue weighted by Gasteiger charge is -2.32. The number of anilines is 1. The number of aryl methyl sites for hydroxylation is 1. The van der Waals surface area contributed by atoms with Crippen molar-refractivity contribution in [3.05, 3.63) is 76.5 Å². The molecule has 34 heavy (non-hydrogen) atoms. The van der Waals surface area contributed by atoms with Crippen molar-refractivity contribution in [1.29, 1.82) is 0 Å². The average Bonchev–Trinajstić information content (AvgIpc) is 2.85. The Hall–Kier alpha value is -3.55. The lowest BCUT2D eigenvalue weighted by atomic mass is 10.0. The van der Waals surface area contributed by atoms with E-state index in [0.29, 0.717) is 36.1 Å². The van der Waals surface area contributed by atoms with E-state index >= 15 is 0 Å². The van der Waals surface area contributed by atoms with Crippen LogP contribution in [-0.4, -0.2) is 40.4 Å². The molecular weight excluding hydrogens is 438 g/mol. The molecule has 0 spiro atoms. The van der Waals surface area contributed by atoms with E-state index in [1.54, 1.807) is 0 Å². The number of nitrogens with zero attached hydrogens (tertiary/aromatic N) is 4. The van der Waals surface area contributed by atoms with Gasteiger partial charge in [-0.1, -0.05) is 17.7 Å². The zero-order chi connectivity index (χ0) is 23.7. The van der Waals surface area contributed by atoms with Crippen LogP contribution < -0.4 is 9.64 Å². The third kappa shape index (κ3) is 4.58. The van der Waals surface area contributed by atoms with E-state index < -0.39 is 17.5 Å². The third-order valence-corrected chi connectivity index (χ3v) is 6.33. The maximum absolute atomic E-state index is 14.3. The van der Waals surface area contributed by atoms with Gasteiger partial charge in [-0.3, -0.25) is 4.79 Å². The Bertz CT molecular complexity index is 1210. The molecule has 6 nitrogen and oxygen atoms in total. The summed E-state index contributed by atoms with van der Waals surface area (Å²) in [5, 5.41) is 0. The number of carbonyl (C=O) groups excluding carboxylic acids is 1. The highest BCUT2D eigenvalue weighted by molar-refractivity contribution is 5.94. The van der Waals surface area contributed by atoms with Crippen LogP contribution in [0.25, 0.3) is 0 Å². The first-order valence-corrected chi connectivity index (χ1v) is 11.6. The molecule has 1 aromatic heterocycles. The van der Waals surface area contributed by atoms with Crippen molar-refractivity contribution >= 4 is 11.9 Å². The van der Waals surface area contributed by atoms with Crippen LogP contribution in [0.5, 0.6) is 11.6 Å². The first kappa shape index (κ1) is 22.3. The summed E-state index contributed by atoms with van der Waals surface area (Å²) < 4.78 is 33.8. The molecule has 0 radical (unpaired) electrons. The van der Waals surface area contributed by atoms with Gasteiger partial charge < -0.3 is 14.5 Å². The van der Waals surface area contributed by atoms with E-state index in [1.165, 1.54) is 17.4 Å². The van der Waals surface area contributed by atoms with Gasteiger partial charge in [-0.05, 0) is 50.5 Å². The van der Waals surface area contributed by atoms with Crippen LogP contribution in [0.1, 0.15) is 46.4 Å². The predicted molar refractivity (Wildman–Crippen MR) is 124 cm³/mol. The van der Waals surface area contributed by atoms with Crippen LogP contribution in [0, 0.1) is 18.6 Å². The second-order valence-corrected chi connectivity index (χ2v) is 8.82. The Kier molecular flexibility index (Phi) is 6.13. The number of halogens is 2. The Morgan fingerprint density at radius 1 is 0.971 bits per heavy atom. The van der Waals surface area contributed by atoms with Gasteiger partial charge in [0.15, 0.2) is 0 Å². The van der Waals surface area contributed by atoms with E-state index in [-0.39, 0.29) is 12.1 Å². The Balaban J connectivity index is 1.48. The molecule has 8 heteroatoms. The highest BCUT2D eigenvalue weighted by Crippen LogP contribution is 2.33. The molecule has 176 valence electrons. The van der Waals surface area contributed by atoms with Gasteiger partial charge in [0.25, 0.3) is 5.91 Å². The van der Waals surface area contributed by atoms with E-state index in [9.17, 15) is 13.6 Å². The fourth-order valence-electron chi connectivity index (χ4n) is 4.42. The summed E-state index contributed by atoms with van der Waals surface area (Å²) in [5.74, 6) is -0.390. The van der Waals surface area contributed by atoms with Gasteiger partial charge in [-0.25, -0.2) is 13.8 Å². The summed E-state index contributed by atoms with van der Waals surface area (Å²) in [4.78, 5) is 26.3. The number of aromatic nitrogens is 2. The SMILES string of the molecule is Cc1ccc(Oc2nc(N3CCCCC3)nc3c2CN(C(=O)c2ccc(F)cc2F)CC3)cc1. The van der Waals surface area contributed by atoms with E-state index in [2.05, 4.69) is 4.90 Å². The molecule has 5 rings (SSSR count). The predicted octanol–water partition coefficient (Wildman–Crippen LogP) is 5.04. The van der Waals surface area contributed by atoms with Crippen molar-refractivity contribution in [3.8, 4) is 11.6 Å². The minimum absolute atomic E-state index is 0.156. The Labute approximate surface area is 197 Å². The zero-order valence-corrected chi connectivity index (χ0v) is 19.1. The first-order chi connectivity index (χ1) is 16.5. The minimum atomic E-state index is -0.872. The van der Waals surface area contributed by atoms with E-state index in [0.717, 1.165) is 49.3 Å². The summed E-state index contributed by atoms with van der Waals surface area (Å²) in [6.45, 7) is 4.37. The van der Waals surface area contributed by atoms with Crippen LogP contribution in [0.15, 0.2) is 42.5 Å². The van der Waals surface area contributed by atoms with Crippen molar-refractivity contribution in [2.45, 2.75) is 39.2 Å². The van der Waals surface area contributed by atoms with Crippen LogP contribution in [0.4, 0.5) is 14.7 Å². The number of ether oxygens (including phenoxy) is 1. The molecule has 2 aromatic carbocycles. The molecule has 2 aliphatic rings. The molecule has 0 atom stereocenters. The lowest BCUT2D eigenvalue weighted by molar-refractivity contribution is 0.0727. The fraction of sp³-hybridized carbons (Fsp3) is 0.346. The van der Waals surface area contributed by atoms with Gasteiger partial charge in [-0.15, -0.1) is 0 Å². The summed E-state index contributed by atoms with van der Waals surface area (Å²) in [6.07, 6.45) is 3.89. The van der Waals surface area contributed by atoms with Gasteiger partial charge >= 0.3 is 0 Å². The molecule has 2 aliphatic heterocycles. The van der Waals surface area contributed by atoms with Crippen LogP contribution in [0.3, 0.4) is 0 Å². The standard InChI is InChI=1S/C26H26F2N4O2/c1-17-5-8-19(9-6-17)34-24-21-16-32(25(33)20-10-7-18(27)15-22(20)28)14-11-23(21)29-26(30-24)31-12-3-2-4-13-31/h5-10,15H,2-4,11-14,16H2,1H3. The highest BCUT2D eigenvalue weighted by atomic mass is 19.1. The molecule has 0 unspecified atom stereocenters. The quantitative estimate of drug-likeness (QED) is 0.541. The monoisotopic (exact) mass is 464 g/mol. The maximum atomic E-state index is 14.3. The Morgan fingerprint density at radius 3 is 2.47 bits per heavy atom. The smallest absolute Gasteiger partial charge is 0.257 e. The third-order valence-electron chi connectivity index (χ3n) is 6.33. The zero-order valence-electron chi connectivity index (χ0n) is 19.1. The van der Waals surface area contributed by atoms with Gasteiger partial charge in [0, 0.05) is 32.1 Å². The average molecular weight is 465 g/mol. The molecule has 1 saturated heterocycles. The summed E-state index contributed by atoms with van der Waals surface area (Å²) in [6, 6.07) is 10.7. The van der Waals surface area contributed by atoms with Crippen molar-refractivity contribution in [2.24, 2.45) is 0 Å². The van der Waals surface area contributed by atoms with Crippen molar-refractivity contribution < 1.29 is 18.3 Å². The van der Waals surface area contributed by atoms with Gasteiger partial charge in [0.05, 0.1) is 23.4 Å². The van der Waals surface area contributed by atoms with Crippen LogP contribution >= 0.6 is 0 Å². The molecular formula is C26H26F2N4O2. The first-order valence-electron chi connectivity index (χ1n) is 11.6. The summed E-state index contributed by atoms with van der Waals surface area (Å²) in [5.41, 5.74) is 2.51. The number of amides is 1. The largest absolute Gasteiger partial charge is 0.438 e. The minimum Gasteiger partial charge on any atom is -0.438 e. The van der Waals surface area contributed by atoms with Gasteiger partial charge in [0.1, 0.15) is 17.4 Å². The van der Waals surface area contributed by atoms with Crippen LogP contribution in [-0.2, 0) is 13.0 Å². The molecule has 0 saturated carbocycles. The number of piperidine rings is 1. The lowest BCUT2D eigenvalue weighted by Crippen LogP contribution is -2.38. The molecule has 1 fully saturated rings.